The highest BCUT2D eigenvalue weighted by atomic mass is 19.4. The van der Waals surface area contributed by atoms with Crippen LogP contribution in [0.1, 0.15) is 24.5 Å². The lowest BCUT2D eigenvalue weighted by molar-refractivity contribution is -0.146. The van der Waals surface area contributed by atoms with Gasteiger partial charge in [0.15, 0.2) is 0 Å². The zero-order valence-electron chi connectivity index (χ0n) is 12.8. The van der Waals surface area contributed by atoms with E-state index in [0.29, 0.717) is 17.7 Å². The number of halogens is 3. The van der Waals surface area contributed by atoms with E-state index in [9.17, 15) is 18.0 Å². The maximum absolute atomic E-state index is 12.5. The maximum atomic E-state index is 12.5. The van der Waals surface area contributed by atoms with Gasteiger partial charge >= 0.3 is 12.2 Å². The summed E-state index contributed by atoms with van der Waals surface area (Å²) in [6.45, 7) is 1.03. The van der Waals surface area contributed by atoms with Crippen LogP contribution in [-0.2, 0) is 13.1 Å². The average Bonchev–Trinajstić information content (AvgIpc) is 2.86. The van der Waals surface area contributed by atoms with Crippen LogP contribution < -0.4 is 10.6 Å². The number of rotatable bonds is 5. The highest BCUT2D eigenvalue weighted by Gasteiger charge is 2.34. The van der Waals surface area contributed by atoms with Crippen molar-refractivity contribution in [2.24, 2.45) is 0 Å². The molecule has 8 heteroatoms. The number of amides is 2. The van der Waals surface area contributed by atoms with Crippen LogP contribution >= 0.6 is 0 Å². The highest BCUT2D eigenvalue weighted by Crippen LogP contribution is 2.31. The van der Waals surface area contributed by atoms with Gasteiger partial charge in [0.25, 0.3) is 0 Å². The van der Waals surface area contributed by atoms with Crippen molar-refractivity contribution in [2.45, 2.75) is 38.7 Å². The van der Waals surface area contributed by atoms with Gasteiger partial charge in [-0.05, 0) is 23.6 Å². The minimum Gasteiger partial charge on any atom is -0.394 e. The molecular weight excluding hydrogens is 311 g/mol. The Morgan fingerprint density at radius 2 is 2.13 bits per heavy atom. The lowest BCUT2D eigenvalue weighted by atomic mass is 10.1. The van der Waals surface area contributed by atoms with Crippen LogP contribution in [0.25, 0.3) is 0 Å². The van der Waals surface area contributed by atoms with Crippen LogP contribution in [0.3, 0.4) is 0 Å². The molecule has 1 heterocycles. The Bertz CT molecular complexity index is 559. The van der Waals surface area contributed by atoms with Gasteiger partial charge in [0.2, 0.25) is 0 Å². The number of nitrogens with one attached hydrogen (secondary N) is 2. The van der Waals surface area contributed by atoms with Gasteiger partial charge in [-0.3, -0.25) is 4.90 Å². The summed E-state index contributed by atoms with van der Waals surface area (Å²) in [5, 5.41) is 14.4. The van der Waals surface area contributed by atoms with Crippen molar-refractivity contribution in [3.8, 4) is 0 Å². The third-order valence-electron chi connectivity index (χ3n) is 3.75. The Kier molecular flexibility index (Phi) is 5.48. The van der Waals surface area contributed by atoms with Gasteiger partial charge < -0.3 is 15.7 Å². The van der Waals surface area contributed by atoms with Gasteiger partial charge in [-0.25, -0.2) is 4.79 Å². The summed E-state index contributed by atoms with van der Waals surface area (Å²) >= 11 is 0. The predicted molar refractivity (Wildman–Crippen MR) is 79.9 cm³/mol. The molecule has 1 atom stereocenters. The van der Waals surface area contributed by atoms with Crippen LogP contribution in [0, 0.1) is 0 Å². The molecule has 0 bridgehead atoms. The quantitative estimate of drug-likeness (QED) is 0.776. The number of benzene rings is 1. The number of carbonyl (C=O) groups excluding carboxylic acids is 1. The molecule has 0 aromatic heterocycles. The molecule has 5 nitrogen and oxygen atoms in total. The number of aliphatic hydroxyl groups excluding tert-OH is 1. The first-order valence-corrected chi connectivity index (χ1v) is 7.40. The van der Waals surface area contributed by atoms with Crippen LogP contribution in [0.4, 0.5) is 23.7 Å². The first-order chi connectivity index (χ1) is 10.8. The van der Waals surface area contributed by atoms with Crippen molar-refractivity contribution < 1.29 is 23.1 Å². The van der Waals surface area contributed by atoms with Crippen molar-refractivity contribution in [1.82, 2.24) is 10.2 Å². The first kappa shape index (κ1) is 17.6. The number of urea groups is 1. The molecule has 2 rings (SSSR count). The van der Waals surface area contributed by atoms with E-state index >= 15 is 0 Å². The van der Waals surface area contributed by atoms with E-state index in [1.807, 2.05) is 6.92 Å². The molecule has 0 saturated heterocycles. The second kappa shape index (κ2) is 7.18. The zero-order chi connectivity index (χ0) is 17.0. The van der Waals surface area contributed by atoms with Crippen LogP contribution in [0.15, 0.2) is 18.2 Å². The molecule has 0 spiro atoms. The fraction of sp³-hybridized carbons (Fsp3) is 0.533. The standard InChI is InChI=1S/C15H20F3N3O2/c1-2-11(8-22)19-14(23)20-13-5-3-4-10-6-21(7-12(10)13)9-15(16,17)18/h3-5,11,22H,2,6-9H2,1H3,(H2,19,20,23)/t11-/m0/s1. The van der Waals surface area contributed by atoms with Crippen molar-refractivity contribution >= 4 is 11.7 Å². The minimum absolute atomic E-state index is 0.141. The number of anilines is 1. The zero-order valence-corrected chi connectivity index (χ0v) is 12.8. The molecule has 1 aromatic carbocycles. The van der Waals surface area contributed by atoms with Crippen molar-refractivity contribution in [3.63, 3.8) is 0 Å². The molecule has 0 unspecified atom stereocenters. The SMILES string of the molecule is CC[C@@H](CO)NC(=O)Nc1cccc2c1CN(CC(F)(F)F)C2. The summed E-state index contributed by atoms with van der Waals surface area (Å²) in [7, 11) is 0. The van der Waals surface area contributed by atoms with E-state index in [0.717, 1.165) is 5.56 Å². The second-order valence-corrected chi connectivity index (χ2v) is 5.59. The first-order valence-electron chi connectivity index (χ1n) is 7.40. The van der Waals surface area contributed by atoms with Crippen LogP contribution in [-0.4, -0.2) is 41.4 Å². The molecule has 1 aliphatic rings. The molecular formula is C15H20F3N3O2. The monoisotopic (exact) mass is 331 g/mol. The largest absolute Gasteiger partial charge is 0.401 e. The summed E-state index contributed by atoms with van der Waals surface area (Å²) in [4.78, 5) is 13.2. The Morgan fingerprint density at radius 1 is 1.39 bits per heavy atom. The van der Waals surface area contributed by atoms with E-state index in [-0.39, 0.29) is 25.7 Å². The Morgan fingerprint density at radius 3 is 2.74 bits per heavy atom. The highest BCUT2D eigenvalue weighted by molar-refractivity contribution is 5.90. The number of fused-ring (bicyclic) bond motifs is 1. The molecule has 23 heavy (non-hydrogen) atoms. The summed E-state index contributed by atoms with van der Waals surface area (Å²) in [6.07, 6.45) is -3.67. The predicted octanol–water partition coefficient (Wildman–Crippen LogP) is 2.46. The Labute approximate surface area is 132 Å². The number of nitrogens with zero attached hydrogens (tertiary/aromatic N) is 1. The molecule has 0 radical (unpaired) electrons. The molecule has 128 valence electrons. The number of aliphatic hydroxyl groups is 1. The number of alkyl halides is 3. The molecule has 0 saturated carbocycles. The number of hydrogen-bond acceptors (Lipinski definition) is 3. The molecule has 2 amide bonds. The molecule has 3 N–H and O–H groups in total. The van der Waals surface area contributed by atoms with Crippen LogP contribution in [0.5, 0.6) is 0 Å². The Hall–Kier alpha value is -1.80. The van der Waals surface area contributed by atoms with E-state index in [1.54, 1.807) is 18.2 Å². The Balaban J connectivity index is 2.04. The van der Waals surface area contributed by atoms with Gasteiger partial charge in [0.1, 0.15) is 0 Å². The minimum atomic E-state index is -4.25. The maximum Gasteiger partial charge on any atom is 0.401 e. The normalized spacial score (nSPS) is 16.0. The fourth-order valence-corrected chi connectivity index (χ4v) is 2.59. The van der Waals surface area contributed by atoms with Crippen molar-refractivity contribution in [3.05, 3.63) is 29.3 Å². The molecule has 1 aromatic rings. The third kappa shape index (κ3) is 4.84. The summed E-state index contributed by atoms with van der Waals surface area (Å²) in [6, 6.07) is 4.30. The summed E-state index contributed by atoms with van der Waals surface area (Å²) < 4.78 is 37.6. The van der Waals surface area contributed by atoms with E-state index < -0.39 is 18.8 Å². The molecule has 0 aliphatic carbocycles. The van der Waals surface area contributed by atoms with Gasteiger partial charge in [-0.15, -0.1) is 0 Å². The summed E-state index contributed by atoms with van der Waals surface area (Å²) in [5.74, 6) is 0. The van der Waals surface area contributed by atoms with Gasteiger partial charge in [0.05, 0.1) is 19.2 Å². The lowest BCUT2D eigenvalue weighted by Gasteiger charge is -2.17. The smallest absolute Gasteiger partial charge is 0.394 e. The van der Waals surface area contributed by atoms with Crippen molar-refractivity contribution in [2.75, 3.05) is 18.5 Å². The number of hydrogen-bond donors (Lipinski definition) is 3. The van der Waals surface area contributed by atoms with Gasteiger partial charge in [0, 0.05) is 18.8 Å². The average molecular weight is 331 g/mol. The van der Waals surface area contributed by atoms with Crippen molar-refractivity contribution in [1.29, 1.82) is 0 Å². The van der Waals surface area contributed by atoms with Gasteiger partial charge in [-0.2, -0.15) is 13.2 Å². The molecule has 1 aliphatic heterocycles. The third-order valence-corrected chi connectivity index (χ3v) is 3.75. The van der Waals surface area contributed by atoms with E-state index in [4.69, 9.17) is 5.11 Å². The topological polar surface area (TPSA) is 64.6 Å². The lowest BCUT2D eigenvalue weighted by Crippen LogP contribution is -2.39. The fourth-order valence-electron chi connectivity index (χ4n) is 2.59. The van der Waals surface area contributed by atoms with Crippen LogP contribution in [0.2, 0.25) is 0 Å². The molecule has 0 fully saturated rings. The van der Waals surface area contributed by atoms with E-state index in [2.05, 4.69) is 10.6 Å². The van der Waals surface area contributed by atoms with E-state index in [1.165, 1.54) is 4.90 Å². The number of carbonyl (C=O) groups is 1. The summed E-state index contributed by atoms with van der Waals surface area (Å²) in [5.41, 5.74) is 1.97. The van der Waals surface area contributed by atoms with Gasteiger partial charge in [-0.1, -0.05) is 19.1 Å². The second-order valence-electron chi connectivity index (χ2n) is 5.59.